The number of piperidine rings is 1. The smallest absolute Gasteiger partial charge is 0.207 e. The van der Waals surface area contributed by atoms with Gasteiger partial charge in [0.2, 0.25) is 21.6 Å². The Hall–Kier alpha value is -1.03. The number of hydrogen-bond acceptors (Lipinski definition) is 6. The van der Waals surface area contributed by atoms with Crippen molar-refractivity contribution >= 4 is 10.0 Å². The van der Waals surface area contributed by atoms with Gasteiger partial charge in [0, 0.05) is 38.8 Å². The van der Waals surface area contributed by atoms with Crippen LogP contribution in [0.4, 0.5) is 0 Å². The van der Waals surface area contributed by atoms with Crippen molar-refractivity contribution in [2.45, 2.75) is 68.8 Å². The number of hydrogen-bond donors (Lipinski definition) is 0. The summed E-state index contributed by atoms with van der Waals surface area (Å²) in [6, 6.07) is 6.89. The molecule has 2 saturated heterocycles. The van der Waals surface area contributed by atoms with Crippen molar-refractivity contribution < 1.29 is 28.0 Å². The highest BCUT2D eigenvalue weighted by Gasteiger charge is 2.52. The number of aryl methyl sites for hydroxylation is 1. The van der Waals surface area contributed by atoms with E-state index in [2.05, 4.69) is 6.92 Å². The third kappa shape index (κ3) is 3.79. The average molecular weight is 397 g/mol. The molecule has 0 aromatic heterocycles. The van der Waals surface area contributed by atoms with Gasteiger partial charge in [-0.3, -0.25) is 0 Å². The van der Waals surface area contributed by atoms with Gasteiger partial charge in [-0.25, -0.2) is 8.42 Å². The molecule has 27 heavy (non-hydrogen) atoms. The predicted octanol–water partition coefficient (Wildman–Crippen LogP) is 3.29. The summed E-state index contributed by atoms with van der Waals surface area (Å²) < 4.78 is 27.1. The standard InChI is InChI=1S/C19H27NO6S/c1-15-3-5-17(6-4-15)27(21,22)20-13-11-19(12-14-20)25-23-18(24-26-19)9-7-16(2)8-10-18/h3-6,16H,7-14H2,1-2H3. The molecule has 0 radical (unpaired) electrons. The van der Waals surface area contributed by atoms with Crippen LogP contribution in [0, 0.1) is 12.8 Å². The lowest BCUT2D eigenvalue weighted by Crippen LogP contribution is -2.56. The molecule has 2 aliphatic heterocycles. The number of sulfonamides is 1. The van der Waals surface area contributed by atoms with Crippen LogP contribution in [0.3, 0.4) is 0 Å². The van der Waals surface area contributed by atoms with Crippen molar-refractivity contribution in [3.63, 3.8) is 0 Å². The fourth-order valence-corrected chi connectivity index (χ4v) is 5.23. The van der Waals surface area contributed by atoms with Gasteiger partial charge in [-0.2, -0.15) is 23.9 Å². The van der Waals surface area contributed by atoms with Crippen LogP contribution in [0.15, 0.2) is 29.2 Å². The van der Waals surface area contributed by atoms with Crippen LogP contribution >= 0.6 is 0 Å². The van der Waals surface area contributed by atoms with Gasteiger partial charge in [0.25, 0.3) is 0 Å². The minimum Gasteiger partial charge on any atom is -0.207 e. The van der Waals surface area contributed by atoms with Crippen LogP contribution in [-0.2, 0) is 29.6 Å². The van der Waals surface area contributed by atoms with Crippen LogP contribution < -0.4 is 0 Å². The molecule has 3 fully saturated rings. The Bertz CT molecular complexity index is 750. The van der Waals surface area contributed by atoms with Gasteiger partial charge in [0.1, 0.15) is 0 Å². The largest absolute Gasteiger partial charge is 0.243 e. The van der Waals surface area contributed by atoms with E-state index in [9.17, 15) is 8.42 Å². The van der Waals surface area contributed by atoms with Crippen LogP contribution in [0.2, 0.25) is 0 Å². The summed E-state index contributed by atoms with van der Waals surface area (Å²) >= 11 is 0. The molecule has 1 aliphatic carbocycles. The summed E-state index contributed by atoms with van der Waals surface area (Å²) in [6.45, 7) is 4.71. The lowest BCUT2D eigenvalue weighted by molar-refractivity contribution is -0.662. The van der Waals surface area contributed by atoms with E-state index in [0.717, 1.165) is 31.2 Å². The Labute approximate surface area is 160 Å². The molecule has 0 unspecified atom stereocenters. The Kier molecular flexibility index (Phi) is 5.07. The van der Waals surface area contributed by atoms with Gasteiger partial charge in [0.05, 0.1) is 4.90 Å². The normalized spacial score (nSPS) is 26.4. The molecule has 0 N–H and O–H groups in total. The summed E-state index contributed by atoms with van der Waals surface area (Å²) in [4.78, 5) is 22.9. The number of nitrogens with zero attached hydrogens (tertiary/aromatic N) is 1. The van der Waals surface area contributed by atoms with Crippen LogP contribution in [0.5, 0.6) is 0 Å². The minimum atomic E-state index is -3.53. The molecule has 4 rings (SSSR count). The molecular weight excluding hydrogens is 370 g/mol. The summed E-state index contributed by atoms with van der Waals surface area (Å²) in [5.41, 5.74) is 1.02. The molecule has 7 nitrogen and oxygen atoms in total. The van der Waals surface area contributed by atoms with Gasteiger partial charge in [-0.05, 0) is 37.8 Å². The molecule has 2 heterocycles. The molecular formula is C19H27NO6S. The van der Waals surface area contributed by atoms with E-state index in [1.807, 2.05) is 6.92 Å². The fourth-order valence-electron chi connectivity index (χ4n) is 3.79. The summed E-state index contributed by atoms with van der Waals surface area (Å²) in [5.74, 6) is -1.20. The molecule has 150 valence electrons. The van der Waals surface area contributed by atoms with Crippen LogP contribution in [0.25, 0.3) is 0 Å². The molecule has 1 aromatic rings. The third-order valence-corrected chi connectivity index (χ3v) is 7.78. The third-order valence-electron chi connectivity index (χ3n) is 5.87. The van der Waals surface area contributed by atoms with Gasteiger partial charge >= 0.3 is 0 Å². The Morgan fingerprint density at radius 3 is 1.89 bits per heavy atom. The van der Waals surface area contributed by atoms with Gasteiger partial charge in [0.15, 0.2) is 0 Å². The Morgan fingerprint density at radius 2 is 1.37 bits per heavy atom. The monoisotopic (exact) mass is 397 g/mol. The number of benzene rings is 1. The summed E-state index contributed by atoms with van der Waals surface area (Å²) in [6.07, 6.45) is 4.18. The zero-order valence-electron chi connectivity index (χ0n) is 15.8. The van der Waals surface area contributed by atoms with Crippen molar-refractivity contribution in [2.24, 2.45) is 5.92 Å². The second kappa shape index (κ2) is 7.09. The molecule has 3 aliphatic rings. The topological polar surface area (TPSA) is 74.3 Å². The van der Waals surface area contributed by atoms with Gasteiger partial charge in [-0.15, -0.1) is 0 Å². The van der Waals surface area contributed by atoms with Crippen molar-refractivity contribution in [1.29, 1.82) is 0 Å². The quantitative estimate of drug-likeness (QED) is 0.713. The average Bonchev–Trinajstić information content (AvgIpc) is 2.68. The van der Waals surface area contributed by atoms with E-state index >= 15 is 0 Å². The molecule has 2 spiro atoms. The maximum atomic E-state index is 12.8. The Balaban J connectivity index is 1.37. The molecule has 0 atom stereocenters. The zero-order valence-corrected chi connectivity index (χ0v) is 16.7. The molecule has 1 saturated carbocycles. The van der Waals surface area contributed by atoms with Crippen LogP contribution in [0.1, 0.15) is 51.0 Å². The van der Waals surface area contributed by atoms with Crippen molar-refractivity contribution in [1.82, 2.24) is 4.31 Å². The molecule has 0 amide bonds. The summed E-state index contributed by atoms with van der Waals surface area (Å²) in [5, 5.41) is 0. The molecule has 8 heteroatoms. The van der Waals surface area contributed by atoms with E-state index in [1.54, 1.807) is 24.3 Å². The lowest BCUT2D eigenvalue weighted by Gasteiger charge is -2.47. The molecule has 0 bridgehead atoms. The van der Waals surface area contributed by atoms with Crippen LogP contribution in [-0.4, -0.2) is 37.4 Å². The van der Waals surface area contributed by atoms with Crippen molar-refractivity contribution in [3.05, 3.63) is 29.8 Å². The highest BCUT2D eigenvalue weighted by atomic mass is 32.2. The fraction of sp³-hybridized carbons (Fsp3) is 0.684. The number of rotatable bonds is 2. The highest BCUT2D eigenvalue weighted by Crippen LogP contribution is 2.43. The molecule has 1 aromatic carbocycles. The van der Waals surface area contributed by atoms with Crippen molar-refractivity contribution in [2.75, 3.05) is 13.1 Å². The maximum absolute atomic E-state index is 12.8. The SMILES string of the molecule is Cc1ccc(S(=O)(=O)N2CCC3(CC2)OOC2(CCC(C)CC2)OO3)cc1. The van der Waals surface area contributed by atoms with Gasteiger partial charge in [-0.1, -0.05) is 24.6 Å². The first-order valence-electron chi connectivity index (χ1n) is 9.63. The van der Waals surface area contributed by atoms with E-state index in [0.29, 0.717) is 23.7 Å². The van der Waals surface area contributed by atoms with E-state index in [1.165, 1.54) is 4.31 Å². The lowest BCUT2D eigenvalue weighted by atomic mass is 9.86. The van der Waals surface area contributed by atoms with E-state index in [-0.39, 0.29) is 13.1 Å². The van der Waals surface area contributed by atoms with Crippen molar-refractivity contribution in [3.8, 4) is 0 Å². The first kappa shape index (κ1) is 19.3. The first-order valence-corrected chi connectivity index (χ1v) is 11.1. The minimum absolute atomic E-state index is 0.285. The zero-order chi connectivity index (χ0) is 19.1. The van der Waals surface area contributed by atoms with Gasteiger partial charge < -0.3 is 0 Å². The Morgan fingerprint density at radius 1 is 0.889 bits per heavy atom. The first-order chi connectivity index (χ1) is 12.8. The van der Waals surface area contributed by atoms with E-state index < -0.39 is 21.6 Å². The van der Waals surface area contributed by atoms with E-state index in [4.69, 9.17) is 19.6 Å². The highest BCUT2D eigenvalue weighted by molar-refractivity contribution is 7.89. The second-order valence-corrected chi connectivity index (χ2v) is 9.99. The maximum Gasteiger partial charge on any atom is 0.243 e. The predicted molar refractivity (Wildman–Crippen MR) is 96.6 cm³/mol. The summed E-state index contributed by atoms with van der Waals surface area (Å²) in [7, 11) is -3.53. The second-order valence-electron chi connectivity index (χ2n) is 8.05.